The minimum Gasteiger partial charge on any atom is -0.800 e. The van der Waals surface area contributed by atoms with Gasteiger partial charge < -0.3 is 19.7 Å². The molecule has 0 radical (unpaired) electrons. The molecule has 0 aromatic carbocycles. The molecule has 0 aliphatic carbocycles. The zero-order valence-corrected chi connectivity index (χ0v) is 6.60. The van der Waals surface area contributed by atoms with Crippen LogP contribution in [-0.4, -0.2) is 44.6 Å². The molecule has 0 spiro atoms. The largest absolute Gasteiger partial charge is 0.800 e. The maximum absolute atomic E-state index is 10.9. The van der Waals surface area contributed by atoms with Crippen LogP contribution in [0.1, 0.15) is 6.42 Å². The Morgan fingerprint density at radius 3 is 2.40 bits per heavy atom. The first-order chi connectivity index (χ1) is 4.67. The van der Waals surface area contributed by atoms with Crippen molar-refractivity contribution in [1.82, 2.24) is 4.90 Å². The molecule has 0 aromatic heterocycles. The smallest absolute Gasteiger partial charge is 0.0224 e. The lowest BCUT2D eigenvalue weighted by Crippen LogP contribution is -2.18. The van der Waals surface area contributed by atoms with Gasteiger partial charge in [-0.25, -0.2) is 0 Å². The Morgan fingerprint density at radius 1 is 1.30 bits per heavy atom. The summed E-state index contributed by atoms with van der Waals surface area (Å²) < 4.78 is 21.9. The van der Waals surface area contributed by atoms with Crippen molar-refractivity contribution in [1.29, 1.82) is 0 Å². The maximum atomic E-state index is 10.9. The molecule has 2 rings (SSSR count). The lowest BCUT2D eigenvalue weighted by molar-refractivity contribution is 0.423. The fourth-order valence-electron chi connectivity index (χ4n) is 1.49. The quantitative estimate of drug-likeness (QED) is 0.514. The fourth-order valence-corrected chi connectivity index (χ4v) is 3.25. The second-order valence-corrected chi connectivity index (χ2v) is 5.32. The summed E-state index contributed by atoms with van der Waals surface area (Å²) in [4.78, 5) is 2.23. The summed E-state index contributed by atoms with van der Waals surface area (Å²) in [7, 11) is -2.64. The first-order valence-electron chi connectivity index (χ1n) is 3.62. The number of sulfone groups is 1. The molecule has 2 aliphatic rings. The molecule has 1 unspecified atom stereocenters. The fraction of sp³-hybridized carbons (Fsp3) is 1.00. The minimum atomic E-state index is -2.64. The van der Waals surface area contributed by atoms with Crippen molar-refractivity contribution in [3.8, 4) is 0 Å². The molecule has 2 aliphatic heterocycles. The molecule has 60 valence electrons. The van der Waals surface area contributed by atoms with E-state index in [1.807, 2.05) is 0 Å². The number of hydrogen-bond acceptors (Lipinski definition) is 3. The summed E-state index contributed by atoms with van der Waals surface area (Å²) in [5, 5.41) is 0. The molecule has 3 nitrogen and oxygen atoms in total. The molecule has 0 aromatic rings. The molecule has 2 saturated heterocycles. The Labute approximate surface area is 62.4 Å². The molecule has 2 fully saturated rings. The average molecular weight is 161 g/mol. The zero-order chi connectivity index (χ0) is 7.19. The lowest BCUT2D eigenvalue weighted by Gasteiger charge is -2.57. The summed E-state index contributed by atoms with van der Waals surface area (Å²) in [5.41, 5.74) is 0. The standard InChI is InChI=1S/C6H13NO2S/c8-10(9)4-1-6(5-10)7-2-3-7/h6,8-9H,1-5H2/p-2. The Hall–Kier alpha value is 0.230. The van der Waals surface area contributed by atoms with Crippen LogP contribution in [0.3, 0.4) is 0 Å². The second kappa shape index (κ2) is 2.11. The van der Waals surface area contributed by atoms with Gasteiger partial charge in [0.15, 0.2) is 0 Å². The first-order valence-corrected chi connectivity index (χ1v) is 5.44. The van der Waals surface area contributed by atoms with E-state index in [0.29, 0.717) is 17.5 Å². The van der Waals surface area contributed by atoms with Crippen LogP contribution >= 0.6 is 10.6 Å². The van der Waals surface area contributed by atoms with E-state index in [9.17, 15) is 9.11 Å². The minimum absolute atomic E-state index is 0.366. The SMILES string of the molecule is [O-]S1([O-])CCC(N2CC2)C1. The number of rotatable bonds is 1. The molecule has 1 atom stereocenters. The van der Waals surface area contributed by atoms with Crippen LogP contribution in [0.2, 0.25) is 0 Å². The van der Waals surface area contributed by atoms with Crippen molar-refractivity contribution in [2.45, 2.75) is 12.5 Å². The summed E-state index contributed by atoms with van der Waals surface area (Å²) in [5.74, 6) is 0.821. The Bertz CT molecular complexity index is 147. The third-order valence-corrected chi connectivity index (χ3v) is 3.96. The average Bonchev–Trinajstić information content (AvgIpc) is 2.59. The molecule has 2 heterocycles. The predicted molar refractivity (Wildman–Crippen MR) is 38.9 cm³/mol. The normalized spacial score (nSPS) is 41.6. The van der Waals surface area contributed by atoms with Crippen molar-refractivity contribution in [2.75, 3.05) is 24.6 Å². The summed E-state index contributed by atoms with van der Waals surface area (Å²) in [6.45, 7) is 2.22. The van der Waals surface area contributed by atoms with Crippen molar-refractivity contribution in [3.05, 3.63) is 0 Å². The van der Waals surface area contributed by atoms with Crippen molar-refractivity contribution in [2.24, 2.45) is 0 Å². The van der Waals surface area contributed by atoms with Gasteiger partial charge in [0, 0.05) is 19.1 Å². The molecule has 4 heteroatoms. The topological polar surface area (TPSA) is 49.1 Å². The predicted octanol–water partition coefficient (Wildman–Crippen LogP) is 0.140. The molecule has 0 saturated carbocycles. The number of hydrogen-bond donors (Lipinski definition) is 0. The zero-order valence-electron chi connectivity index (χ0n) is 5.78. The van der Waals surface area contributed by atoms with Crippen LogP contribution in [0, 0.1) is 0 Å². The highest BCUT2D eigenvalue weighted by Crippen LogP contribution is 2.47. The van der Waals surface area contributed by atoms with Crippen molar-refractivity contribution in [3.63, 3.8) is 0 Å². The molecule has 0 bridgehead atoms. The van der Waals surface area contributed by atoms with E-state index >= 15 is 0 Å². The van der Waals surface area contributed by atoms with Gasteiger partial charge in [0.25, 0.3) is 0 Å². The molecule has 10 heavy (non-hydrogen) atoms. The molecule has 0 N–H and O–H groups in total. The van der Waals surface area contributed by atoms with E-state index in [1.54, 1.807) is 0 Å². The van der Waals surface area contributed by atoms with Gasteiger partial charge in [-0.15, -0.1) is 0 Å². The van der Waals surface area contributed by atoms with E-state index in [-0.39, 0.29) is 0 Å². The van der Waals surface area contributed by atoms with Crippen LogP contribution < -0.4 is 0 Å². The second-order valence-electron chi connectivity index (χ2n) is 3.09. The van der Waals surface area contributed by atoms with Crippen molar-refractivity contribution < 1.29 is 9.11 Å². The highest BCUT2D eigenvalue weighted by molar-refractivity contribution is 8.24. The van der Waals surface area contributed by atoms with Gasteiger partial charge in [0.1, 0.15) is 0 Å². The summed E-state index contributed by atoms with van der Waals surface area (Å²) in [6.07, 6.45) is 0.863. The van der Waals surface area contributed by atoms with Crippen LogP contribution in [-0.2, 0) is 0 Å². The lowest BCUT2D eigenvalue weighted by atomic mass is 10.3. The van der Waals surface area contributed by atoms with Crippen molar-refractivity contribution >= 4 is 10.6 Å². The van der Waals surface area contributed by atoms with Crippen LogP contribution in [0.4, 0.5) is 0 Å². The molecule has 0 amide bonds. The van der Waals surface area contributed by atoms with Gasteiger partial charge >= 0.3 is 0 Å². The van der Waals surface area contributed by atoms with Gasteiger partial charge in [-0.05, 0) is 17.9 Å². The van der Waals surface area contributed by atoms with Gasteiger partial charge in [-0.2, -0.15) is 0 Å². The third kappa shape index (κ3) is 1.29. The monoisotopic (exact) mass is 161 g/mol. The highest BCUT2D eigenvalue weighted by atomic mass is 32.3. The van der Waals surface area contributed by atoms with E-state index < -0.39 is 10.6 Å². The Morgan fingerprint density at radius 2 is 2.00 bits per heavy atom. The van der Waals surface area contributed by atoms with Crippen LogP contribution in [0.15, 0.2) is 0 Å². The van der Waals surface area contributed by atoms with Crippen LogP contribution in [0.5, 0.6) is 0 Å². The van der Waals surface area contributed by atoms with Crippen LogP contribution in [0.25, 0.3) is 0 Å². The van der Waals surface area contributed by atoms with Gasteiger partial charge in [0.2, 0.25) is 0 Å². The highest BCUT2D eigenvalue weighted by Gasteiger charge is 2.30. The maximum Gasteiger partial charge on any atom is 0.0224 e. The Kier molecular flexibility index (Phi) is 1.46. The summed E-state index contributed by atoms with van der Waals surface area (Å²) in [6, 6.07) is 0.366. The summed E-state index contributed by atoms with van der Waals surface area (Å²) >= 11 is 0. The van der Waals surface area contributed by atoms with Gasteiger partial charge in [0.05, 0.1) is 0 Å². The van der Waals surface area contributed by atoms with E-state index in [4.69, 9.17) is 0 Å². The number of nitrogens with zero attached hydrogens (tertiary/aromatic N) is 1. The van der Waals surface area contributed by atoms with Gasteiger partial charge in [-0.1, -0.05) is 0 Å². The van der Waals surface area contributed by atoms with Gasteiger partial charge in [-0.3, -0.25) is 4.90 Å². The Balaban J connectivity index is 1.92. The molecular weight excluding hydrogens is 150 g/mol. The van der Waals surface area contributed by atoms with E-state index in [2.05, 4.69) is 4.90 Å². The van der Waals surface area contributed by atoms with E-state index in [0.717, 1.165) is 19.5 Å². The molecular formula is C6H11NO2S-2. The third-order valence-electron chi connectivity index (χ3n) is 2.21. The first kappa shape index (κ1) is 6.91. The van der Waals surface area contributed by atoms with E-state index in [1.165, 1.54) is 0 Å².